The van der Waals surface area contributed by atoms with Gasteiger partial charge in [-0.3, -0.25) is 9.59 Å². The topological polar surface area (TPSA) is 92.4 Å². The minimum absolute atomic E-state index is 0.0173. The molecule has 0 radical (unpaired) electrons. The second-order valence-electron chi connectivity index (χ2n) is 8.58. The Morgan fingerprint density at radius 2 is 1.85 bits per heavy atom. The average molecular weight is 450 g/mol. The van der Waals surface area contributed by atoms with Gasteiger partial charge in [0.25, 0.3) is 0 Å². The fourth-order valence-electron chi connectivity index (χ4n) is 4.63. The summed E-state index contributed by atoms with van der Waals surface area (Å²) in [5, 5.41) is 7.24. The molecule has 1 aliphatic rings. The van der Waals surface area contributed by atoms with Crippen molar-refractivity contribution >= 4 is 22.7 Å². The number of aromatic amines is 1. The van der Waals surface area contributed by atoms with Crippen LogP contribution in [0, 0.1) is 11.8 Å². The zero-order valence-corrected chi connectivity index (χ0v) is 18.9. The second kappa shape index (κ2) is 11.0. The third-order valence-electron chi connectivity index (χ3n) is 6.22. The van der Waals surface area contributed by atoms with E-state index >= 15 is 0 Å². The Hall–Kier alpha value is -3.32. The molecule has 2 amide bonds. The first-order chi connectivity index (χ1) is 16.1. The van der Waals surface area contributed by atoms with Gasteiger partial charge >= 0.3 is 0 Å². The highest BCUT2D eigenvalue weighted by Crippen LogP contribution is 2.32. The van der Waals surface area contributed by atoms with Crippen molar-refractivity contribution in [2.24, 2.45) is 11.8 Å². The minimum Gasteiger partial charge on any atom is -0.493 e. The summed E-state index contributed by atoms with van der Waals surface area (Å²) in [6.07, 6.45) is 4.10. The van der Waals surface area contributed by atoms with Crippen molar-refractivity contribution in [3.8, 4) is 5.75 Å². The summed E-state index contributed by atoms with van der Waals surface area (Å²) in [4.78, 5) is 28.5. The second-order valence-corrected chi connectivity index (χ2v) is 8.58. The number of rotatable bonds is 10. The van der Waals surface area contributed by atoms with E-state index in [1.807, 2.05) is 54.7 Å². The maximum Gasteiger partial charge on any atom is 0.246 e. The van der Waals surface area contributed by atoms with Gasteiger partial charge in [0.1, 0.15) is 12.4 Å². The van der Waals surface area contributed by atoms with E-state index in [2.05, 4.69) is 21.7 Å². The molecule has 3 N–H and O–H groups in total. The molecule has 3 atom stereocenters. The SMILES string of the molecule is COCC(=O)N[C@@H]1C[C@H](COc2ccccc2)C[C@H]1C(=O)NCCc1c[nH]c2ccccc12. The summed E-state index contributed by atoms with van der Waals surface area (Å²) in [5.41, 5.74) is 2.27. The van der Waals surface area contributed by atoms with E-state index in [0.717, 1.165) is 17.7 Å². The minimum atomic E-state index is -0.293. The number of para-hydroxylation sites is 2. The third-order valence-corrected chi connectivity index (χ3v) is 6.22. The predicted octanol–water partition coefficient (Wildman–Crippen LogP) is 3.06. The first kappa shape index (κ1) is 22.9. The summed E-state index contributed by atoms with van der Waals surface area (Å²) in [5.74, 6) is 0.466. The highest BCUT2D eigenvalue weighted by molar-refractivity contribution is 5.84. The summed E-state index contributed by atoms with van der Waals surface area (Å²) < 4.78 is 10.9. The number of hydrogen-bond donors (Lipinski definition) is 3. The van der Waals surface area contributed by atoms with Crippen LogP contribution in [-0.2, 0) is 20.7 Å². The molecule has 7 nitrogen and oxygen atoms in total. The standard InChI is InChI=1S/C26H31N3O4/c1-32-17-25(30)29-24-14-18(16-33-20-7-3-2-4-8-20)13-22(24)26(31)27-12-11-19-15-28-23-10-6-5-9-21(19)23/h2-10,15,18,22,24,28H,11-14,16-17H2,1H3,(H,27,31)(H,29,30)/t18-,22-,24-/m1/s1. The molecule has 1 aromatic heterocycles. The van der Waals surface area contributed by atoms with Crippen LogP contribution in [0.25, 0.3) is 10.9 Å². The molecule has 0 spiro atoms. The predicted molar refractivity (Wildman–Crippen MR) is 127 cm³/mol. The van der Waals surface area contributed by atoms with Crippen LogP contribution >= 0.6 is 0 Å². The van der Waals surface area contributed by atoms with Gasteiger partial charge in [-0.05, 0) is 48.9 Å². The van der Waals surface area contributed by atoms with Gasteiger partial charge in [-0.1, -0.05) is 36.4 Å². The molecule has 33 heavy (non-hydrogen) atoms. The van der Waals surface area contributed by atoms with Gasteiger partial charge in [0, 0.05) is 36.8 Å². The Kier molecular flexibility index (Phi) is 7.62. The van der Waals surface area contributed by atoms with Crippen LogP contribution in [0.1, 0.15) is 18.4 Å². The number of hydrogen-bond acceptors (Lipinski definition) is 4. The van der Waals surface area contributed by atoms with Crippen LogP contribution in [0.2, 0.25) is 0 Å². The fourth-order valence-corrected chi connectivity index (χ4v) is 4.63. The Morgan fingerprint density at radius 1 is 1.06 bits per heavy atom. The molecule has 7 heteroatoms. The Labute approximate surface area is 193 Å². The maximum absolute atomic E-state index is 13.1. The molecule has 0 bridgehead atoms. The molecule has 1 heterocycles. The molecule has 0 saturated heterocycles. The highest BCUT2D eigenvalue weighted by atomic mass is 16.5. The Bertz CT molecular complexity index is 1070. The van der Waals surface area contributed by atoms with Gasteiger partial charge in [-0.15, -0.1) is 0 Å². The van der Waals surface area contributed by atoms with E-state index in [1.165, 1.54) is 18.1 Å². The molecule has 1 fully saturated rings. The quantitative estimate of drug-likeness (QED) is 0.444. The largest absolute Gasteiger partial charge is 0.493 e. The maximum atomic E-state index is 13.1. The number of carbonyl (C=O) groups excluding carboxylic acids is 2. The number of carbonyl (C=O) groups is 2. The van der Waals surface area contributed by atoms with Gasteiger partial charge < -0.3 is 25.1 Å². The third kappa shape index (κ3) is 5.93. The fraction of sp³-hybridized carbons (Fsp3) is 0.385. The molecule has 1 saturated carbocycles. The van der Waals surface area contributed by atoms with Crippen molar-refractivity contribution in [3.63, 3.8) is 0 Å². The zero-order valence-electron chi connectivity index (χ0n) is 18.9. The highest BCUT2D eigenvalue weighted by Gasteiger charge is 2.39. The van der Waals surface area contributed by atoms with E-state index in [-0.39, 0.29) is 36.3 Å². The van der Waals surface area contributed by atoms with Crippen LogP contribution in [-0.4, -0.2) is 49.7 Å². The van der Waals surface area contributed by atoms with E-state index < -0.39 is 0 Å². The molecule has 3 aromatic rings. The summed E-state index contributed by atoms with van der Waals surface area (Å²) in [7, 11) is 1.49. The van der Waals surface area contributed by atoms with Crippen LogP contribution in [0.4, 0.5) is 0 Å². The van der Waals surface area contributed by atoms with Crippen LogP contribution in [0.5, 0.6) is 5.75 Å². The van der Waals surface area contributed by atoms with Crippen LogP contribution < -0.4 is 15.4 Å². The monoisotopic (exact) mass is 449 g/mol. The Morgan fingerprint density at radius 3 is 2.67 bits per heavy atom. The summed E-state index contributed by atoms with van der Waals surface area (Å²) in [6.45, 7) is 1.04. The van der Waals surface area contributed by atoms with Crippen LogP contribution in [0.3, 0.4) is 0 Å². The van der Waals surface area contributed by atoms with Gasteiger partial charge in [0.05, 0.1) is 12.5 Å². The van der Waals surface area contributed by atoms with Crippen molar-refractivity contribution in [2.45, 2.75) is 25.3 Å². The Balaban J connectivity index is 1.34. The number of aromatic nitrogens is 1. The van der Waals surface area contributed by atoms with Crippen LogP contribution in [0.15, 0.2) is 60.8 Å². The van der Waals surface area contributed by atoms with Crippen molar-refractivity contribution in [1.82, 2.24) is 15.6 Å². The van der Waals surface area contributed by atoms with Gasteiger partial charge in [-0.2, -0.15) is 0 Å². The van der Waals surface area contributed by atoms with Gasteiger partial charge in [0.2, 0.25) is 11.8 Å². The molecule has 0 unspecified atom stereocenters. The number of ether oxygens (including phenoxy) is 2. The van der Waals surface area contributed by atoms with Gasteiger partial charge in [-0.25, -0.2) is 0 Å². The lowest BCUT2D eigenvalue weighted by molar-refractivity contribution is -0.128. The van der Waals surface area contributed by atoms with E-state index in [1.54, 1.807) is 0 Å². The number of fused-ring (bicyclic) bond motifs is 1. The normalized spacial score (nSPS) is 20.0. The van der Waals surface area contributed by atoms with Crippen molar-refractivity contribution in [2.75, 3.05) is 26.9 Å². The van der Waals surface area contributed by atoms with E-state index in [0.29, 0.717) is 26.0 Å². The summed E-state index contributed by atoms with van der Waals surface area (Å²) >= 11 is 0. The molecule has 2 aromatic carbocycles. The first-order valence-electron chi connectivity index (χ1n) is 11.4. The average Bonchev–Trinajstić information content (AvgIpc) is 3.43. The van der Waals surface area contributed by atoms with Crippen molar-refractivity contribution in [3.05, 3.63) is 66.4 Å². The molecule has 174 valence electrons. The molecule has 4 rings (SSSR count). The number of benzene rings is 2. The first-order valence-corrected chi connectivity index (χ1v) is 11.4. The van der Waals surface area contributed by atoms with Crippen molar-refractivity contribution in [1.29, 1.82) is 0 Å². The van der Waals surface area contributed by atoms with E-state index in [9.17, 15) is 9.59 Å². The number of amides is 2. The molecule has 0 aliphatic heterocycles. The number of methoxy groups -OCH3 is 1. The van der Waals surface area contributed by atoms with Gasteiger partial charge in [0.15, 0.2) is 0 Å². The lowest BCUT2D eigenvalue weighted by Crippen LogP contribution is -2.45. The molecular weight excluding hydrogens is 418 g/mol. The lowest BCUT2D eigenvalue weighted by Gasteiger charge is -2.20. The summed E-state index contributed by atoms with van der Waals surface area (Å²) in [6, 6.07) is 17.6. The smallest absolute Gasteiger partial charge is 0.246 e. The molecule has 1 aliphatic carbocycles. The van der Waals surface area contributed by atoms with Crippen molar-refractivity contribution < 1.29 is 19.1 Å². The lowest BCUT2D eigenvalue weighted by atomic mass is 10.0. The number of nitrogens with one attached hydrogen (secondary N) is 3. The molecular formula is C26H31N3O4. The number of H-pyrrole nitrogens is 1. The zero-order chi connectivity index (χ0) is 23.0. The van der Waals surface area contributed by atoms with E-state index in [4.69, 9.17) is 9.47 Å².